The van der Waals surface area contributed by atoms with E-state index in [1.807, 2.05) is 31.2 Å². The minimum atomic E-state index is -3.13. The third-order valence-electron chi connectivity index (χ3n) is 2.91. The molecule has 0 saturated carbocycles. The van der Waals surface area contributed by atoms with Crippen molar-refractivity contribution in [2.45, 2.75) is 13.3 Å². The van der Waals surface area contributed by atoms with E-state index in [4.69, 9.17) is 0 Å². The first-order valence-corrected chi connectivity index (χ1v) is 8.00. The van der Waals surface area contributed by atoms with E-state index >= 15 is 0 Å². The number of hydrogen-bond acceptors (Lipinski definition) is 4. The SMILES string of the molecule is Cc1cc(C(=O)CCS(C)(=O)=O)nc2ccccc12. The number of nitrogens with zero attached hydrogens (tertiary/aromatic N) is 1. The van der Waals surface area contributed by atoms with Crippen molar-refractivity contribution in [3.63, 3.8) is 0 Å². The fourth-order valence-corrected chi connectivity index (χ4v) is 2.45. The number of fused-ring (bicyclic) bond motifs is 1. The first kappa shape index (κ1) is 13.7. The van der Waals surface area contributed by atoms with Crippen LogP contribution in [0.1, 0.15) is 22.5 Å². The molecule has 4 nitrogen and oxygen atoms in total. The van der Waals surface area contributed by atoms with Crippen LogP contribution in [0.25, 0.3) is 10.9 Å². The zero-order valence-electron chi connectivity index (χ0n) is 10.9. The van der Waals surface area contributed by atoms with Crippen molar-refractivity contribution in [2.24, 2.45) is 0 Å². The number of Topliss-reactive ketones (excluding diaryl/α,β-unsaturated/α-hetero) is 1. The quantitative estimate of drug-likeness (QED) is 0.803. The van der Waals surface area contributed by atoms with Crippen LogP contribution in [0.5, 0.6) is 0 Å². The Morgan fingerprint density at radius 1 is 1.26 bits per heavy atom. The molecule has 19 heavy (non-hydrogen) atoms. The molecule has 1 aromatic carbocycles. The van der Waals surface area contributed by atoms with Crippen molar-refractivity contribution in [1.29, 1.82) is 0 Å². The van der Waals surface area contributed by atoms with Gasteiger partial charge in [-0.25, -0.2) is 13.4 Å². The Hall–Kier alpha value is -1.75. The molecule has 0 bridgehead atoms. The summed E-state index contributed by atoms with van der Waals surface area (Å²) in [5.74, 6) is -0.376. The van der Waals surface area contributed by atoms with E-state index in [2.05, 4.69) is 4.98 Å². The molecule has 0 radical (unpaired) electrons. The van der Waals surface area contributed by atoms with Gasteiger partial charge in [0, 0.05) is 18.1 Å². The van der Waals surface area contributed by atoms with Gasteiger partial charge in [-0.05, 0) is 24.6 Å². The third-order valence-corrected chi connectivity index (χ3v) is 3.85. The highest BCUT2D eigenvalue weighted by Gasteiger charge is 2.13. The Morgan fingerprint density at radius 3 is 2.63 bits per heavy atom. The normalized spacial score (nSPS) is 11.7. The summed E-state index contributed by atoms with van der Waals surface area (Å²) in [6, 6.07) is 9.28. The number of pyridine rings is 1. The summed E-state index contributed by atoms with van der Waals surface area (Å²) in [5.41, 5.74) is 2.05. The third kappa shape index (κ3) is 3.38. The molecule has 0 amide bonds. The Kier molecular flexibility index (Phi) is 3.66. The van der Waals surface area contributed by atoms with Gasteiger partial charge in [0.2, 0.25) is 0 Å². The number of aryl methyl sites for hydroxylation is 1. The van der Waals surface area contributed by atoms with Crippen LogP contribution in [0.15, 0.2) is 30.3 Å². The van der Waals surface area contributed by atoms with Crippen LogP contribution in [0.4, 0.5) is 0 Å². The lowest BCUT2D eigenvalue weighted by molar-refractivity contribution is 0.0984. The first-order valence-electron chi connectivity index (χ1n) is 5.94. The van der Waals surface area contributed by atoms with Gasteiger partial charge >= 0.3 is 0 Å². The van der Waals surface area contributed by atoms with E-state index in [0.29, 0.717) is 5.69 Å². The molecule has 2 aromatic rings. The molecule has 2 rings (SSSR count). The Bertz CT molecular complexity index is 735. The number of hydrogen-bond donors (Lipinski definition) is 0. The number of rotatable bonds is 4. The van der Waals surface area contributed by atoms with Gasteiger partial charge in [0.05, 0.1) is 11.3 Å². The maximum Gasteiger partial charge on any atom is 0.182 e. The average molecular weight is 277 g/mol. The first-order chi connectivity index (χ1) is 8.87. The van der Waals surface area contributed by atoms with Crippen LogP contribution in [0.2, 0.25) is 0 Å². The highest BCUT2D eigenvalue weighted by atomic mass is 32.2. The van der Waals surface area contributed by atoms with E-state index in [1.54, 1.807) is 6.07 Å². The predicted molar refractivity (Wildman–Crippen MR) is 75.1 cm³/mol. The molecule has 100 valence electrons. The fourth-order valence-electron chi connectivity index (χ4n) is 1.90. The van der Waals surface area contributed by atoms with E-state index in [9.17, 15) is 13.2 Å². The summed E-state index contributed by atoms with van der Waals surface area (Å²) >= 11 is 0. The van der Waals surface area contributed by atoms with Gasteiger partial charge in [0.25, 0.3) is 0 Å². The average Bonchev–Trinajstić information content (AvgIpc) is 2.35. The van der Waals surface area contributed by atoms with Gasteiger partial charge in [0.15, 0.2) is 5.78 Å². The summed E-state index contributed by atoms with van der Waals surface area (Å²) < 4.78 is 22.1. The van der Waals surface area contributed by atoms with E-state index in [-0.39, 0.29) is 18.0 Å². The highest BCUT2D eigenvalue weighted by molar-refractivity contribution is 7.90. The molecule has 5 heteroatoms. The van der Waals surface area contributed by atoms with Crippen molar-refractivity contribution in [1.82, 2.24) is 4.98 Å². The number of benzene rings is 1. The van der Waals surface area contributed by atoms with Gasteiger partial charge in [-0.2, -0.15) is 0 Å². The summed E-state index contributed by atoms with van der Waals surface area (Å²) in [6.07, 6.45) is 1.10. The number of para-hydroxylation sites is 1. The number of sulfone groups is 1. The fraction of sp³-hybridized carbons (Fsp3) is 0.286. The lowest BCUT2D eigenvalue weighted by Crippen LogP contribution is -2.11. The summed E-state index contributed by atoms with van der Waals surface area (Å²) in [4.78, 5) is 16.3. The Labute approximate surface area is 112 Å². The molecule has 0 unspecified atom stereocenters. The topological polar surface area (TPSA) is 64.1 Å². The van der Waals surface area contributed by atoms with Gasteiger partial charge in [-0.1, -0.05) is 18.2 Å². The van der Waals surface area contributed by atoms with Crippen LogP contribution in [0, 0.1) is 6.92 Å². The lowest BCUT2D eigenvalue weighted by Gasteiger charge is -2.05. The van der Waals surface area contributed by atoms with Crippen molar-refractivity contribution in [3.05, 3.63) is 41.6 Å². The van der Waals surface area contributed by atoms with Gasteiger partial charge in [0.1, 0.15) is 15.5 Å². The summed E-state index contributed by atoms with van der Waals surface area (Å²) in [5, 5.41) is 1.00. The Balaban J connectivity index is 2.33. The lowest BCUT2D eigenvalue weighted by atomic mass is 10.1. The van der Waals surface area contributed by atoms with E-state index < -0.39 is 9.84 Å². The minimum Gasteiger partial charge on any atom is -0.292 e. The van der Waals surface area contributed by atoms with Crippen LogP contribution >= 0.6 is 0 Å². The van der Waals surface area contributed by atoms with Crippen molar-refractivity contribution < 1.29 is 13.2 Å². The molecular weight excluding hydrogens is 262 g/mol. The minimum absolute atomic E-state index is 0.0242. The molecule has 0 N–H and O–H groups in total. The highest BCUT2D eigenvalue weighted by Crippen LogP contribution is 2.18. The van der Waals surface area contributed by atoms with Crippen LogP contribution in [-0.4, -0.2) is 31.2 Å². The van der Waals surface area contributed by atoms with E-state index in [0.717, 1.165) is 22.7 Å². The van der Waals surface area contributed by atoms with Crippen LogP contribution < -0.4 is 0 Å². The number of carbonyl (C=O) groups excluding carboxylic acids is 1. The van der Waals surface area contributed by atoms with Gasteiger partial charge < -0.3 is 0 Å². The van der Waals surface area contributed by atoms with Crippen molar-refractivity contribution in [2.75, 3.05) is 12.0 Å². The largest absolute Gasteiger partial charge is 0.292 e. The second kappa shape index (κ2) is 5.09. The Morgan fingerprint density at radius 2 is 1.95 bits per heavy atom. The summed E-state index contributed by atoms with van der Waals surface area (Å²) in [7, 11) is -3.13. The molecule has 0 saturated heterocycles. The molecule has 0 aliphatic heterocycles. The molecule has 0 spiro atoms. The molecule has 1 heterocycles. The zero-order valence-corrected chi connectivity index (χ0v) is 11.7. The predicted octanol–water partition coefficient (Wildman–Crippen LogP) is 2.16. The molecule has 0 aliphatic carbocycles. The summed E-state index contributed by atoms with van der Waals surface area (Å²) in [6.45, 7) is 1.91. The number of ketones is 1. The van der Waals surface area contributed by atoms with Gasteiger partial charge in [-0.15, -0.1) is 0 Å². The van der Waals surface area contributed by atoms with E-state index in [1.165, 1.54) is 0 Å². The van der Waals surface area contributed by atoms with Crippen LogP contribution in [-0.2, 0) is 9.84 Å². The molecule has 0 atom stereocenters. The monoisotopic (exact) mass is 277 g/mol. The van der Waals surface area contributed by atoms with Crippen molar-refractivity contribution >= 4 is 26.5 Å². The maximum atomic E-state index is 12.0. The molecule has 0 fully saturated rings. The second-order valence-corrected chi connectivity index (χ2v) is 6.90. The molecule has 0 aliphatic rings. The maximum absolute atomic E-state index is 12.0. The zero-order chi connectivity index (χ0) is 14.0. The van der Waals surface area contributed by atoms with Crippen LogP contribution in [0.3, 0.4) is 0 Å². The molecule has 1 aromatic heterocycles. The number of aromatic nitrogens is 1. The standard InChI is InChI=1S/C14H15NO3S/c1-10-9-13(14(16)7-8-19(2,17)18)15-12-6-4-3-5-11(10)12/h3-6,9H,7-8H2,1-2H3. The molecular formula is C14H15NO3S. The van der Waals surface area contributed by atoms with Gasteiger partial charge in [-0.3, -0.25) is 4.79 Å². The number of carbonyl (C=O) groups is 1. The van der Waals surface area contributed by atoms with Crippen molar-refractivity contribution in [3.8, 4) is 0 Å². The smallest absolute Gasteiger partial charge is 0.182 e. The second-order valence-electron chi connectivity index (χ2n) is 4.64.